The molecule has 1 aromatic carbocycles. The van der Waals surface area contributed by atoms with Crippen LogP contribution in [-0.4, -0.2) is 23.9 Å². The van der Waals surface area contributed by atoms with Crippen LogP contribution in [0.5, 0.6) is 5.75 Å². The lowest BCUT2D eigenvalue weighted by molar-refractivity contribution is -0.385. The second kappa shape index (κ2) is 4.15. The number of para-hydroxylation sites is 1. The number of nitrogens with one attached hydrogen (secondary N) is 1. The van der Waals surface area contributed by atoms with Crippen molar-refractivity contribution in [2.24, 2.45) is 10.8 Å². The van der Waals surface area contributed by atoms with Gasteiger partial charge in [0.25, 0.3) is 0 Å². The summed E-state index contributed by atoms with van der Waals surface area (Å²) in [4.78, 5) is 14.4. The highest BCUT2D eigenvalue weighted by Gasteiger charge is 2.23. The standard InChI is InChI=1S/C9H10N4O3/c10-12-9-6-2-1-3-7(13(14)15)8(6)16-5-4-11-9/h1-3H,4-5,10H2,(H,11,12). The molecule has 84 valence electrons. The van der Waals surface area contributed by atoms with Gasteiger partial charge in [0.05, 0.1) is 17.0 Å². The Morgan fingerprint density at radius 1 is 1.56 bits per heavy atom. The van der Waals surface area contributed by atoms with E-state index in [1.165, 1.54) is 6.07 Å². The lowest BCUT2D eigenvalue weighted by Crippen LogP contribution is -2.31. The summed E-state index contributed by atoms with van der Waals surface area (Å²) in [6.45, 7) is 0.703. The Balaban J connectivity index is 2.59. The molecule has 0 aromatic heterocycles. The van der Waals surface area contributed by atoms with Crippen molar-refractivity contribution in [2.75, 3.05) is 13.2 Å². The van der Waals surface area contributed by atoms with E-state index in [1.807, 2.05) is 0 Å². The summed E-state index contributed by atoms with van der Waals surface area (Å²) in [5, 5.41) is 10.8. The minimum atomic E-state index is -0.488. The first-order chi connectivity index (χ1) is 7.74. The second-order valence-corrected chi connectivity index (χ2v) is 3.13. The third-order valence-corrected chi connectivity index (χ3v) is 2.19. The molecule has 1 heterocycles. The monoisotopic (exact) mass is 222 g/mol. The number of fused-ring (bicyclic) bond motifs is 1. The van der Waals surface area contributed by atoms with Gasteiger partial charge in [0, 0.05) is 6.07 Å². The van der Waals surface area contributed by atoms with Gasteiger partial charge in [0.2, 0.25) is 5.75 Å². The van der Waals surface area contributed by atoms with Crippen LogP contribution in [0.2, 0.25) is 0 Å². The molecule has 1 aliphatic heterocycles. The number of ether oxygens (including phenoxy) is 1. The largest absolute Gasteiger partial charge is 0.484 e. The highest BCUT2D eigenvalue weighted by Crippen LogP contribution is 2.31. The smallest absolute Gasteiger partial charge is 0.311 e. The molecular formula is C9H10N4O3. The van der Waals surface area contributed by atoms with E-state index >= 15 is 0 Å². The van der Waals surface area contributed by atoms with Crippen LogP contribution in [-0.2, 0) is 0 Å². The fourth-order valence-corrected chi connectivity index (χ4v) is 1.52. The maximum atomic E-state index is 10.8. The van der Waals surface area contributed by atoms with Crippen molar-refractivity contribution in [2.45, 2.75) is 0 Å². The first-order valence-electron chi connectivity index (χ1n) is 4.65. The maximum absolute atomic E-state index is 10.8. The van der Waals surface area contributed by atoms with E-state index in [0.717, 1.165) is 0 Å². The van der Waals surface area contributed by atoms with Crippen LogP contribution in [0.4, 0.5) is 5.69 Å². The van der Waals surface area contributed by atoms with Crippen LogP contribution in [0.15, 0.2) is 23.2 Å². The zero-order valence-electron chi connectivity index (χ0n) is 8.34. The van der Waals surface area contributed by atoms with Gasteiger partial charge in [-0.2, -0.15) is 0 Å². The van der Waals surface area contributed by atoms with Gasteiger partial charge in [-0.05, 0) is 6.07 Å². The van der Waals surface area contributed by atoms with E-state index in [0.29, 0.717) is 24.6 Å². The molecule has 0 amide bonds. The predicted molar refractivity (Wildman–Crippen MR) is 57.3 cm³/mol. The first-order valence-corrected chi connectivity index (χ1v) is 4.65. The molecule has 16 heavy (non-hydrogen) atoms. The van der Waals surface area contributed by atoms with Crippen molar-refractivity contribution < 1.29 is 9.66 Å². The molecule has 0 spiro atoms. The molecule has 0 atom stereocenters. The number of nitrogens with zero attached hydrogens (tertiary/aromatic N) is 2. The molecule has 0 saturated carbocycles. The minimum absolute atomic E-state index is 0.0812. The molecule has 7 nitrogen and oxygen atoms in total. The Morgan fingerprint density at radius 2 is 2.38 bits per heavy atom. The van der Waals surface area contributed by atoms with Crippen molar-refractivity contribution >= 4 is 11.5 Å². The van der Waals surface area contributed by atoms with Crippen LogP contribution in [0, 0.1) is 10.1 Å². The van der Waals surface area contributed by atoms with Crippen LogP contribution in [0.1, 0.15) is 5.56 Å². The first kappa shape index (κ1) is 10.4. The van der Waals surface area contributed by atoms with E-state index in [-0.39, 0.29) is 11.4 Å². The molecule has 3 N–H and O–H groups in total. The van der Waals surface area contributed by atoms with Crippen molar-refractivity contribution in [3.05, 3.63) is 33.9 Å². The molecular weight excluding hydrogens is 212 g/mol. The number of amidine groups is 1. The Bertz CT molecular complexity index is 458. The Labute approximate surface area is 91.0 Å². The molecule has 0 fully saturated rings. The predicted octanol–water partition coefficient (Wildman–Crippen LogP) is 0.197. The Hall–Kier alpha value is -2.15. The summed E-state index contributed by atoms with van der Waals surface area (Å²) in [6, 6.07) is 4.63. The van der Waals surface area contributed by atoms with Gasteiger partial charge >= 0.3 is 5.69 Å². The average Bonchev–Trinajstić information content (AvgIpc) is 2.49. The highest BCUT2D eigenvalue weighted by molar-refractivity contribution is 6.02. The fraction of sp³-hybridized carbons (Fsp3) is 0.222. The fourth-order valence-electron chi connectivity index (χ4n) is 1.52. The van der Waals surface area contributed by atoms with E-state index in [4.69, 9.17) is 10.6 Å². The number of benzene rings is 1. The zero-order valence-corrected chi connectivity index (χ0v) is 8.34. The molecule has 1 aromatic rings. The normalized spacial score (nSPS) is 14.2. The van der Waals surface area contributed by atoms with Gasteiger partial charge in [0.15, 0.2) is 0 Å². The van der Waals surface area contributed by atoms with E-state index in [9.17, 15) is 10.1 Å². The van der Waals surface area contributed by atoms with Gasteiger partial charge < -0.3 is 10.2 Å². The van der Waals surface area contributed by atoms with E-state index in [1.54, 1.807) is 12.1 Å². The molecule has 2 rings (SSSR count). The lowest BCUT2D eigenvalue weighted by Gasteiger charge is -2.08. The van der Waals surface area contributed by atoms with Crippen molar-refractivity contribution in [3.63, 3.8) is 0 Å². The van der Waals surface area contributed by atoms with Crippen LogP contribution < -0.4 is 16.0 Å². The number of rotatable bonds is 1. The third-order valence-electron chi connectivity index (χ3n) is 2.19. The number of nitrogens with two attached hydrogens (primary N) is 1. The third kappa shape index (κ3) is 1.68. The van der Waals surface area contributed by atoms with Crippen molar-refractivity contribution in [3.8, 4) is 5.75 Å². The molecule has 1 aliphatic rings. The van der Waals surface area contributed by atoms with Crippen LogP contribution >= 0.6 is 0 Å². The number of hydrazine groups is 1. The van der Waals surface area contributed by atoms with Gasteiger partial charge in [0.1, 0.15) is 12.4 Å². The lowest BCUT2D eigenvalue weighted by atomic mass is 10.1. The molecule has 0 bridgehead atoms. The second-order valence-electron chi connectivity index (χ2n) is 3.13. The van der Waals surface area contributed by atoms with E-state index in [2.05, 4.69) is 10.4 Å². The number of hydrogen-bond acceptors (Lipinski definition) is 6. The molecule has 0 aliphatic carbocycles. The molecule has 0 saturated heterocycles. The SMILES string of the molecule is NNC1=NCCOc2c1cccc2[N+](=O)[O-]. The zero-order chi connectivity index (χ0) is 11.5. The summed E-state index contributed by atoms with van der Waals surface area (Å²) in [6.07, 6.45) is 0. The Kier molecular flexibility index (Phi) is 2.69. The minimum Gasteiger partial charge on any atom is -0.484 e. The number of nitro groups is 1. The Morgan fingerprint density at radius 3 is 3.06 bits per heavy atom. The number of nitro benzene ring substituents is 1. The summed E-state index contributed by atoms with van der Waals surface area (Å²) in [5.74, 6) is 5.92. The van der Waals surface area contributed by atoms with Gasteiger partial charge in [-0.1, -0.05) is 6.07 Å². The maximum Gasteiger partial charge on any atom is 0.311 e. The highest BCUT2D eigenvalue weighted by atomic mass is 16.6. The van der Waals surface area contributed by atoms with Crippen molar-refractivity contribution in [1.29, 1.82) is 0 Å². The summed E-state index contributed by atoms with van der Waals surface area (Å²) in [5.41, 5.74) is 2.84. The van der Waals surface area contributed by atoms with Gasteiger partial charge in [-0.15, -0.1) is 0 Å². The molecule has 7 heteroatoms. The van der Waals surface area contributed by atoms with Gasteiger partial charge in [-0.25, -0.2) is 5.84 Å². The van der Waals surface area contributed by atoms with E-state index < -0.39 is 4.92 Å². The average molecular weight is 222 g/mol. The quantitative estimate of drug-likeness (QED) is 0.401. The van der Waals surface area contributed by atoms with Gasteiger partial charge in [-0.3, -0.25) is 15.1 Å². The van der Waals surface area contributed by atoms with Crippen LogP contribution in [0.3, 0.4) is 0 Å². The summed E-state index contributed by atoms with van der Waals surface area (Å²) in [7, 11) is 0. The number of hydrogen-bond donors (Lipinski definition) is 2. The summed E-state index contributed by atoms with van der Waals surface area (Å²) < 4.78 is 5.32. The van der Waals surface area contributed by atoms with Crippen LogP contribution in [0.25, 0.3) is 0 Å². The number of aliphatic imine (C=N–C) groups is 1. The van der Waals surface area contributed by atoms with Crippen molar-refractivity contribution in [1.82, 2.24) is 5.43 Å². The molecule has 0 radical (unpaired) electrons. The molecule has 0 unspecified atom stereocenters. The summed E-state index contributed by atoms with van der Waals surface area (Å²) >= 11 is 0. The topological polar surface area (TPSA) is 103 Å².